The summed E-state index contributed by atoms with van der Waals surface area (Å²) in [5, 5.41) is 0. The van der Waals surface area contributed by atoms with Crippen molar-refractivity contribution in [3.8, 4) is 0 Å². The zero-order valence-corrected chi connectivity index (χ0v) is 17.6. The summed E-state index contributed by atoms with van der Waals surface area (Å²) in [4.78, 5) is 5.25. The SMILES string of the molecule is CC(C)(C)N1CCC[C@@](CCc2cccc(C(F)(F)F)c2)(N2CCCCC2)C1. The second-order valence-corrected chi connectivity index (χ2v) is 9.67. The Morgan fingerprint density at radius 2 is 1.68 bits per heavy atom. The van der Waals surface area contributed by atoms with Crippen LogP contribution in [0.25, 0.3) is 0 Å². The molecule has 2 aliphatic heterocycles. The predicted octanol–water partition coefficient (Wildman–Crippen LogP) is 5.76. The molecule has 1 aromatic rings. The maximum Gasteiger partial charge on any atom is 0.416 e. The van der Waals surface area contributed by atoms with Crippen molar-refractivity contribution in [2.75, 3.05) is 26.2 Å². The highest BCUT2D eigenvalue weighted by Gasteiger charge is 2.43. The van der Waals surface area contributed by atoms with E-state index < -0.39 is 11.7 Å². The molecule has 5 heteroatoms. The number of piperidine rings is 2. The average Bonchev–Trinajstić information content (AvgIpc) is 2.66. The molecule has 0 unspecified atom stereocenters. The van der Waals surface area contributed by atoms with Crippen molar-refractivity contribution in [3.05, 3.63) is 35.4 Å². The minimum atomic E-state index is -4.27. The molecule has 0 radical (unpaired) electrons. The van der Waals surface area contributed by atoms with E-state index in [0.29, 0.717) is 6.42 Å². The lowest BCUT2D eigenvalue weighted by molar-refractivity contribution is -0.137. The van der Waals surface area contributed by atoms with Crippen molar-refractivity contribution in [1.29, 1.82) is 0 Å². The molecule has 3 rings (SSSR count). The van der Waals surface area contributed by atoms with Crippen LogP contribution in [0, 0.1) is 0 Å². The molecule has 0 saturated carbocycles. The Labute approximate surface area is 168 Å². The summed E-state index contributed by atoms with van der Waals surface area (Å²) in [6.07, 6.45) is 3.45. The molecule has 0 amide bonds. The normalized spacial score (nSPS) is 25.8. The lowest BCUT2D eigenvalue weighted by Crippen LogP contribution is -2.63. The van der Waals surface area contributed by atoms with Crippen LogP contribution >= 0.6 is 0 Å². The van der Waals surface area contributed by atoms with E-state index in [4.69, 9.17) is 0 Å². The van der Waals surface area contributed by atoms with Crippen LogP contribution in [0.3, 0.4) is 0 Å². The van der Waals surface area contributed by atoms with Gasteiger partial charge in [-0.2, -0.15) is 13.2 Å². The molecule has 1 atom stereocenters. The predicted molar refractivity (Wildman–Crippen MR) is 108 cm³/mol. The van der Waals surface area contributed by atoms with Gasteiger partial charge in [0.2, 0.25) is 0 Å². The van der Waals surface area contributed by atoms with Crippen LogP contribution in [0.5, 0.6) is 0 Å². The molecule has 28 heavy (non-hydrogen) atoms. The van der Waals surface area contributed by atoms with Crippen LogP contribution in [0.4, 0.5) is 13.2 Å². The molecule has 2 aliphatic rings. The van der Waals surface area contributed by atoms with E-state index >= 15 is 0 Å². The number of hydrogen-bond donors (Lipinski definition) is 0. The Morgan fingerprint density at radius 3 is 2.32 bits per heavy atom. The van der Waals surface area contributed by atoms with E-state index in [1.165, 1.54) is 31.4 Å². The topological polar surface area (TPSA) is 6.48 Å². The van der Waals surface area contributed by atoms with Gasteiger partial charge in [0.05, 0.1) is 5.56 Å². The van der Waals surface area contributed by atoms with Crippen LogP contribution in [0.1, 0.15) is 70.4 Å². The molecule has 2 nitrogen and oxygen atoms in total. The van der Waals surface area contributed by atoms with E-state index in [0.717, 1.165) is 51.0 Å². The highest BCUT2D eigenvalue weighted by Crippen LogP contribution is 2.37. The molecule has 2 heterocycles. The van der Waals surface area contributed by atoms with Crippen LogP contribution in [-0.2, 0) is 12.6 Å². The van der Waals surface area contributed by atoms with Gasteiger partial charge in [-0.15, -0.1) is 0 Å². The van der Waals surface area contributed by atoms with E-state index in [1.807, 2.05) is 6.07 Å². The number of rotatable bonds is 4. The zero-order chi connectivity index (χ0) is 20.4. The molecule has 0 aromatic heterocycles. The first kappa shape index (κ1) is 21.6. The van der Waals surface area contributed by atoms with Gasteiger partial charge in [-0.3, -0.25) is 9.80 Å². The number of hydrogen-bond acceptors (Lipinski definition) is 2. The fourth-order valence-corrected chi connectivity index (χ4v) is 4.95. The zero-order valence-electron chi connectivity index (χ0n) is 17.6. The van der Waals surface area contributed by atoms with Crippen LogP contribution in [-0.4, -0.2) is 47.1 Å². The maximum absolute atomic E-state index is 13.1. The van der Waals surface area contributed by atoms with Crippen LogP contribution in [0.15, 0.2) is 24.3 Å². The largest absolute Gasteiger partial charge is 0.416 e. The van der Waals surface area contributed by atoms with Crippen molar-refractivity contribution in [2.24, 2.45) is 0 Å². The second kappa shape index (κ2) is 8.35. The van der Waals surface area contributed by atoms with Crippen LogP contribution < -0.4 is 0 Å². The Bertz CT molecular complexity index is 644. The second-order valence-electron chi connectivity index (χ2n) is 9.67. The molecule has 0 N–H and O–H groups in total. The summed E-state index contributed by atoms with van der Waals surface area (Å²) in [6, 6.07) is 5.91. The molecule has 0 bridgehead atoms. The summed E-state index contributed by atoms with van der Waals surface area (Å²) in [5.74, 6) is 0. The maximum atomic E-state index is 13.1. The van der Waals surface area contributed by atoms with Crippen molar-refractivity contribution >= 4 is 0 Å². The monoisotopic (exact) mass is 396 g/mol. The van der Waals surface area contributed by atoms with Gasteiger partial charge in [-0.05, 0) is 90.6 Å². The quantitative estimate of drug-likeness (QED) is 0.639. The number of halogens is 3. The fraction of sp³-hybridized carbons (Fsp3) is 0.739. The lowest BCUT2D eigenvalue weighted by atomic mass is 9.79. The van der Waals surface area contributed by atoms with E-state index in [-0.39, 0.29) is 11.1 Å². The highest BCUT2D eigenvalue weighted by molar-refractivity contribution is 5.26. The number of alkyl halides is 3. The third kappa shape index (κ3) is 5.10. The van der Waals surface area contributed by atoms with Gasteiger partial charge in [0.15, 0.2) is 0 Å². The van der Waals surface area contributed by atoms with E-state index in [1.54, 1.807) is 6.07 Å². The third-order valence-corrected chi connectivity index (χ3v) is 6.66. The molecule has 0 aliphatic carbocycles. The standard InChI is InChI=1S/C23H35F3N2/c1-21(2,3)28-16-8-12-22(18-28,27-14-5-4-6-15-27)13-11-19-9-7-10-20(17-19)23(24,25)26/h7,9-10,17H,4-6,8,11-16,18H2,1-3H3/t22-/m0/s1. The van der Waals surface area contributed by atoms with Gasteiger partial charge in [0, 0.05) is 17.6 Å². The molecule has 2 fully saturated rings. The highest BCUT2D eigenvalue weighted by atomic mass is 19.4. The van der Waals surface area contributed by atoms with Gasteiger partial charge in [-0.25, -0.2) is 0 Å². The summed E-state index contributed by atoms with van der Waals surface area (Å²) in [5.41, 5.74) is 0.480. The minimum Gasteiger partial charge on any atom is -0.297 e. The molecule has 0 spiro atoms. The first-order valence-electron chi connectivity index (χ1n) is 10.8. The van der Waals surface area contributed by atoms with Gasteiger partial charge in [-0.1, -0.05) is 24.6 Å². The Balaban J connectivity index is 1.80. The number of benzene rings is 1. The molecular weight excluding hydrogens is 361 g/mol. The minimum absolute atomic E-state index is 0.0835. The van der Waals surface area contributed by atoms with Gasteiger partial charge in [0.1, 0.15) is 0 Å². The number of likely N-dealkylation sites (tertiary alicyclic amines) is 2. The third-order valence-electron chi connectivity index (χ3n) is 6.66. The fourth-order valence-electron chi connectivity index (χ4n) is 4.95. The summed E-state index contributed by atoms with van der Waals surface area (Å²) < 4.78 is 39.3. The van der Waals surface area contributed by atoms with Gasteiger partial charge < -0.3 is 0 Å². The van der Waals surface area contributed by atoms with Gasteiger partial charge in [0.25, 0.3) is 0 Å². The molecular formula is C23H35F3N2. The van der Waals surface area contributed by atoms with Crippen molar-refractivity contribution in [1.82, 2.24) is 9.80 Å². The smallest absolute Gasteiger partial charge is 0.297 e. The summed E-state index contributed by atoms with van der Waals surface area (Å²) >= 11 is 0. The summed E-state index contributed by atoms with van der Waals surface area (Å²) in [6.45, 7) is 11.2. The Morgan fingerprint density at radius 1 is 0.964 bits per heavy atom. The Kier molecular flexibility index (Phi) is 6.45. The molecule has 1 aromatic carbocycles. The summed E-state index contributed by atoms with van der Waals surface area (Å²) in [7, 11) is 0. The lowest BCUT2D eigenvalue weighted by Gasteiger charge is -2.54. The van der Waals surface area contributed by atoms with E-state index in [9.17, 15) is 13.2 Å². The molecule has 158 valence electrons. The van der Waals surface area contributed by atoms with Crippen molar-refractivity contribution in [3.63, 3.8) is 0 Å². The average molecular weight is 397 g/mol. The van der Waals surface area contributed by atoms with Crippen LogP contribution in [0.2, 0.25) is 0 Å². The first-order chi connectivity index (χ1) is 13.1. The van der Waals surface area contributed by atoms with Crippen molar-refractivity contribution in [2.45, 2.75) is 83.0 Å². The number of aryl methyl sites for hydroxylation is 1. The van der Waals surface area contributed by atoms with E-state index in [2.05, 4.69) is 30.6 Å². The first-order valence-corrected chi connectivity index (χ1v) is 10.8. The Hall–Kier alpha value is -1.07. The van der Waals surface area contributed by atoms with Crippen molar-refractivity contribution < 1.29 is 13.2 Å². The van der Waals surface area contributed by atoms with Gasteiger partial charge >= 0.3 is 6.18 Å². The molecule has 2 saturated heterocycles. The number of nitrogens with zero attached hydrogens (tertiary/aromatic N) is 2.